The van der Waals surface area contributed by atoms with Crippen LogP contribution in [-0.4, -0.2) is 19.6 Å². The van der Waals surface area contributed by atoms with Crippen LogP contribution in [-0.2, 0) is 4.79 Å². The van der Waals surface area contributed by atoms with E-state index in [1.165, 1.54) is 0 Å². The molecule has 0 fully saturated rings. The molecule has 1 aliphatic heterocycles. The molecule has 28 heavy (non-hydrogen) atoms. The topological polar surface area (TPSA) is 74.6 Å². The van der Waals surface area contributed by atoms with Crippen molar-refractivity contribution in [3.63, 3.8) is 0 Å². The predicted octanol–water partition coefficient (Wildman–Crippen LogP) is 4.05. The van der Waals surface area contributed by atoms with Gasteiger partial charge < -0.3 is 19.7 Å². The van der Waals surface area contributed by atoms with E-state index in [0.29, 0.717) is 23.1 Å². The van der Waals surface area contributed by atoms with E-state index < -0.39 is 12.1 Å². The van der Waals surface area contributed by atoms with Crippen molar-refractivity contribution in [1.29, 1.82) is 5.26 Å². The van der Waals surface area contributed by atoms with Gasteiger partial charge in [-0.2, -0.15) is 5.26 Å². The monoisotopic (exact) mass is 415 g/mol. The zero-order valence-corrected chi connectivity index (χ0v) is 16.9. The minimum atomic E-state index is -0.595. The summed E-state index contributed by atoms with van der Waals surface area (Å²) in [7, 11) is 1.55. The first kappa shape index (κ1) is 19.9. The van der Waals surface area contributed by atoms with Crippen LogP contribution in [0.3, 0.4) is 0 Å². The summed E-state index contributed by atoms with van der Waals surface area (Å²) < 4.78 is 11.0. The fourth-order valence-electron chi connectivity index (χ4n) is 2.94. The number of carbonyl (C=O) groups excluding carboxylic acids is 1. The van der Waals surface area contributed by atoms with Gasteiger partial charge in [-0.3, -0.25) is 4.79 Å². The largest absolute Gasteiger partial charge is 0.493 e. The Hall–Kier alpha value is -2.82. The minimum Gasteiger partial charge on any atom is -0.493 e. The lowest BCUT2D eigenvalue weighted by Crippen LogP contribution is -2.46. The second-order valence-corrected chi connectivity index (χ2v) is 6.74. The lowest BCUT2D eigenvalue weighted by Gasteiger charge is -2.38. The summed E-state index contributed by atoms with van der Waals surface area (Å²) in [6.45, 7) is 2.39. The highest BCUT2D eigenvalue weighted by Gasteiger charge is 2.34. The number of ether oxygens (including phenoxy) is 2. The fourth-order valence-corrected chi connectivity index (χ4v) is 3.45. The molecule has 144 valence electrons. The average molecular weight is 416 g/mol. The fraction of sp³-hybridized carbons (Fsp3) is 0.200. The average Bonchev–Trinajstić information content (AvgIpc) is 2.69. The Kier molecular flexibility index (Phi) is 6.02. The van der Waals surface area contributed by atoms with Gasteiger partial charge in [0.2, 0.25) is 0 Å². The van der Waals surface area contributed by atoms with Crippen LogP contribution in [0.1, 0.15) is 18.7 Å². The first-order valence-corrected chi connectivity index (χ1v) is 9.32. The lowest BCUT2D eigenvalue weighted by molar-refractivity contribution is -0.118. The Labute approximate surface area is 173 Å². The molecule has 0 radical (unpaired) electrons. The second-order valence-electron chi connectivity index (χ2n) is 5.88. The molecule has 0 saturated carbocycles. The van der Waals surface area contributed by atoms with E-state index in [2.05, 4.69) is 17.9 Å². The van der Waals surface area contributed by atoms with Gasteiger partial charge in [-0.1, -0.05) is 17.7 Å². The van der Waals surface area contributed by atoms with E-state index in [1.54, 1.807) is 48.4 Å². The van der Waals surface area contributed by atoms with Crippen LogP contribution >= 0.6 is 24.2 Å². The number of anilines is 1. The van der Waals surface area contributed by atoms with Crippen molar-refractivity contribution in [3.8, 4) is 17.6 Å². The molecule has 1 heterocycles. The number of nitrogens with one attached hydrogen (secondary N) is 1. The molecule has 8 heteroatoms. The smallest absolute Gasteiger partial charge is 0.266 e. The molecule has 0 aromatic heterocycles. The quantitative estimate of drug-likeness (QED) is 0.720. The molecule has 2 aromatic carbocycles. The number of thiol groups is 1. The molecule has 0 spiro atoms. The molecule has 2 aromatic rings. The highest BCUT2D eigenvalue weighted by atomic mass is 35.5. The maximum Gasteiger partial charge on any atom is 0.266 e. The highest BCUT2D eigenvalue weighted by molar-refractivity contribution is 7.84. The standard InChI is InChI=1S/C20H18ClN3O3S/c1-3-27-16-9-4-12(10-17(16)26-2)18-23-19(25)15(11-22)20(28)24(18)14-7-5-13(21)6-8-14/h4-10,18,28H,3H2,1-2H3,(H,23,25). The summed E-state index contributed by atoms with van der Waals surface area (Å²) in [5, 5.41) is 13.1. The van der Waals surface area contributed by atoms with Gasteiger partial charge >= 0.3 is 0 Å². The van der Waals surface area contributed by atoms with Gasteiger partial charge in [-0.25, -0.2) is 0 Å². The summed E-state index contributed by atoms with van der Waals surface area (Å²) in [5.74, 6) is 0.657. The molecule has 1 N–H and O–H groups in total. The zero-order chi connectivity index (χ0) is 20.3. The molecule has 6 nitrogen and oxygen atoms in total. The minimum absolute atomic E-state index is 0.0626. The van der Waals surface area contributed by atoms with Gasteiger partial charge in [0.15, 0.2) is 11.5 Å². The van der Waals surface area contributed by atoms with E-state index in [-0.39, 0.29) is 10.6 Å². The van der Waals surface area contributed by atoms with Crippen LogP contribution in [0, 0.1) is 11.3 Å². The van der Waals surface area contributed by atoms with Gasteiger partial charge in [0.05, 0.1) is 18.7 Å². The first-order chi connectivity index (χ1) is 13.5. The predicted molar refractivity (Wildman–Crippen MR) is 111 cm³/mol. The number of hydrogen-bond donors (Lipinski definition) is 2. The second kappa shape index (κ2) is 8.46. The van der Waals surface area contributed by atoms with Gasteiger partial charge in [-0.05, 0) is 48.9 Å². The summed E-state index contributed by atoms with van der Waals surface area (Å²) in [6, 6.07) is 14.4. The Morgan fingerprint density at radius 2 is 1.96 bits per heavy atom. The maximum atomic E-state index is 12.4. The number of rotatable bonds is 5. The number of amides is 1. The van der Waals surface area contributed by atoms with Crippen LogP contribution in [0.5, 0.6) is 11.5 Å². The number of nitriles is 1. The van der Waals surface area contributed by atoms with Crippen molar-refractivity contribution in [2.75, 3.05) is 18.6 Å². The van der Waals surface area contributed by atoms with Gasteiger partial charge in [0.25, 0.3) is 5.91 Å². The van der Waals surface area contributed by atoms with Crippen molar-refractivity contribution < 1.29 is 14.3 Å². The van der Waals surface area contributed by atoms with E-state index in [4.69, 9.17) is 21.1 Å². The van der Waals surface area contributed by atoms with Crippen LogP contribution < -0.4 is 19.7 Å². The Morgan fingerprint density at radius 1 is 1.25 bits per heavy atom. The van der Waals surface area contributed by atoms with Gasteiger partial charge in [-0.15, -0.1) is 12.6 Å². The van der Waals surface area contributed by atoms with Crippen LogP contribution in [0.2, 0.25) is 5.02 Å². The number of methoxy groups -OCH3 is 1. The molecular formula is C20H18ClN3O3S. The Morgan fingerprint density at radius 3 is 2.57 bits per heavy atom. The van der Waals surface area contributed by atoms with Crippen LogP contribution in [0.15, 0.2) is 53.1 Å². The van der Waals surface area contributed by atoms with Crippen molar-refractivity contribution in [3.05, 3.63) is 63.7 Å². The summed E-state index contributed by atoms with van der Waals surface area (Å²) in [5.41, 5.74) is 1.40. The molecular weight excluding hydrogens is 398 g/mol. The van der Waals surface area contributed by atoms with Crippen molar-refractivity contribution in [2.45, 2.75) is 13.1 Å². The van der Waals surface area contributed by atoms with Crippen molar-refractivity contribution >= 4 is 35.8 Å². The van der Waals surface area contributed by atoms with Crippen LogP contribution in [0.4, 0.5) is 5.69 Å². The third-order valence-electron chi connectivity index (χ3n) is 4.22. The number of benzene rings is 2. The molecule has 1 aliphatic rings. The summed E-state index contributed by atoms with van der Waals surface area (Å²) >= 11 is 10.5. The Bertz CT molecular complexity index is 970. The molecule has 1 atom stereocenters. The number of hydrogen-bond acceptors (Lipinski definition) is 6. The molecule has 3 rings (SSSR count). The summed E-state index contributed by atoms with van der Waals surface area (Å²) in [4.78, 5) is 14.2. The van der Waals surface area contributed by atoms with E-state index in [0.717, 1.165) is 11.3 Å². The zero-order valence-electron chi connectivity index (χ0n) is 15.3. The molecule has 0 aliphatic carbocycles. The van der Waals surface area contributed by atoms with E-state index in [9.17, 15) is 10.1 Å². The third-order valence-corrected chi connectivity index (χ3v) is 4.92. The lowest BCUT2D eigenvalue weighted by atomic mass is 10.1. The first-order valence-electron chi connectivity index (χ1n) is 8.49. The van der Waals surface area contributed by atoms with Crippen molar-refractivity contribution in [2.24, 2.45) is 0 Å². The van der Waals surface area contributed by atoms with Gasteiger partial charge in [0.1, 0.15) is 17.8 Å². The van der Waals surface area contributed by atoms with Crippen molar-refractivity contribution in [1.82, 2.24) is 5.32 Å². The normalized spacial score (nSPS) is 16.5. The maximum absolute atomic E-state index is 12.4. The summed E-state index contributed by atoms with van der Waals surface area (Å²) in [6.07, 6.45) is -0.595. The van der Waals surface area contributed by atoms with E-state index in [1.807, 2.05) is 19.1 Å². The highest BCUT2D eigenvalue weighted by Crippen LogP contribution is 2.38. The molecule has 1 unspecified atom stereocenters. The number of nitrogens with zero attached hydrogens (tertiary/aromatic N) is 2. The molecule has 0 bridgehead atoms. The SMILES string of the molecule is CCOc1ccc(C2NC(=O)C(C#N)=C(S)N2c2ccc(Cl)cc2)cc1OC. The molecule has 0 saturated heterocycles. The third kappa shape index (κ3) is 3.75. The number of halogens is 1. The molecule has 1 amide bonds. The Balaban J connectivity index is 2.12. The van der Waals surface area contributed by atoms with Crippen LogP contribution in [0.25, 0.3) is 0 Å². The number of carbonyl (C=O) groups is 1. The van der Waals surface area contributed by atoms with Gasteiger partial charge in [0, 0.05) is 10.7 Å². The van der Waals surface area contributed by atoms with E-state index >= 15 is 0 Å².